The molecule has 0 spiro atoms. The van der Waals surface area contributed by atoms with Crippen molar-refractivity contribution in [2.24, 2.45) is 5.73 Å². The van der Waals surface area contributed by atoms with E-state index in [2.05, 4.69) is 4.72 Å². The second kappa shape index (κ2) is 8.72. The van der Waals surface area contributed by atoms with Crippen LogP contribution in [0, 0.1) is 6.92 Å². The van der Waals surface area contributed by atoms with E-state index in [0.29, 0.717) is 23.4 Å². The predicted molar refractivity (Wildman–Crippen MR) is 92.5 cm³/mol. The Bertz CT molecular complexity index is 587. The number of rotatable bonds is 7. The number of hydrogen-bond donors (Lipinski definition) is 2. The number of ether oxygens (including phenoxy) is 1. The molecule has 128 valence electrons. The maximum atomic E-state index is 12.4. The largest absolute Gasteiger partial charge is 0.496 e. The molecule has 0 saturated carbocycles. The zero-order chi connectivity index (χ0) is 16.2. The van der Waals surface area contributed by atoms with E-state index in [0.717, 1.165) is 11.3 Å². The summed E-state index contributed by atoms with van der Waals surface area (Å²) in [6.07, 6.45) is 0.603. The Labute approximate surface area is 140 Å². The van der Waals surface area contributed by atoms with Crippen LogP contribution < -0.4 is 15.2 Å². The van der Waals surface area contributed by atoms with Crippen LogP contribution in [0.3, 0.4) is 0 Å². The second-order valence-corrected chi connectivity index (χ2v) is 7.41. The number of nitrogens with two attached hydrogens (primary N) is 1. The molecule has 22 heavy (non-hydrogen) atoms. The van der Waals surface area contributed by atoms with Gasteiger partial charge in [-0.3, -0.25) is 0 Å². The van der Waals surface area contributed by atoms with E-state index in [9.17, 15) is 8.42 Å². The fraction of sp³-hybridized carbons (Fsp3) is 0.600. The quantitative estimate of drug-likeness (QED) is 0.791. The third kappa shape index (κ3) is 5.43. The third-order valence-electron chi connectivity index (χ3n) is 3.33. The maximum Gasteiger partial charge on any atom is 0.240 e. The molecule has 1 aromatic rings. The number of sulfonamides is 1. The van der Waals surface area contributed by atoms with Crippen LogP contribution in [0.1, 0.15) is 44.2 Å². The minimum Gasteiger partial charge on any atom is -0.496 e. The summed E-state index contributed by atoms with van der Waals surface area (Å²) in [5.41, 5.74) is 7.20. The minimum absolute atomic E-state index is 0. The van der Waals surface area contributed by atoms with Gasteiger partial charge in [0, 0.05) is 12.6 Å². The van der Waals surface area contributed by atoms with Crippen molar-refractivity contribution in [3.05, 3.63) is 23.3 Å². The number of methoxy groups -OCH3 is 1. The smallest absolute Gasteiger partial charge is 0.240 e. The van der Waals surface area contributed by atoms with Crippen LogP contribution in [-0.2, 0) is 10.0 Å². The molecule has 7 heteroatoms. The van der Waals surface area contributed by atoms with Crippen LogP contribution >= 0.6 is 12.4 Å². The van der Waals surface area contributed by atoms with Gasteiger partial charge in [-0.15, -0.1) is 12.4 Å². The van der Waals surface area contributed by atoms with Crippen molar-refractivity contribution in [2.45, 2.75) is 51.0 Å². The molecule has 0 aliphatic heterocycles. The molecule has 0 aromatic heterocycles. The Kier molecular flexibility index (Phi) is 8.39. The van der Waals surface area contributed by atoms with Crippen LogP contribution in [0.5, 0.6) is 5.75 Å². The highest BCUT2D eigenvalue weighted by Crippen LogP contribution is 2.31. The van der Waals surface area contributed by atoms with Crippen LogP contribution in [0.15, 0.2) is 17.0 Å². The Balaban J connectivity index is 0.00000441. The van der Waals surface area contributed by atoms with Crippen LogP contribution in [0.25, 0.3) is 0 Å². The Hall–Kier alpha value is -0.820. The van der Waals surface area contributed by atoms with Crippen LogP contribution in [0.2, 0.25) is 0 Å². The summed E-state index contributed by atoms with van der Waals surface area (Å²) in [4.78, 5) is 0.302. The van der Waals surface area contributed by atoms with E-state index in [1.165, 1.54) is 0 Å². The number of halogens is 1. The van der Waals surface area contributed by atoms with Gasteiger partial charge in [0.25, 0.3) is 0 Å². The molecule has 1 rings (SSSR count). The van der Waals surface area contributed by atoms with Crippen molar-refractivity contribution in [2.75, 3.05) is 13.7 Å². The van der Waals surface area contributed by atoms with Gasteiger partial charge in [0.1, 0.15) is 5.75 Å². The summed E-state index contributed by atoms with van der Waals surface area (Å²) < 4.78 is 32.8. The van der Waals surface area contributed by atoms with E-state index in [1.807, 2.05) is 20.8 Å². The van der Waals surface area contributed by atoms with Gasteiger partial charge < -0.3 is 10.5 Å². The summed E-state index contributed by atoms with van der Waals surface area (Å²) in [5.74, 6) is 0.899. The van der Waals surface area contributed by atoms with Gasteiger partial charge in [0.05, 0.1) is 12.0 Å². The molecular weight excluding hydrogens is 324 g/mol. The third-order valence-corrected chi connectivity index (χ3v) is 4.93. The number of hydrogen-bond acceptors (Lipinski definition) is 4. The van der Waals surface area contributed by atoms with Crippen molar-refractivity contribution >= 4 is 22.4 Å². The summed E-state index contributed by atoms with van der Waals surface area (Å²) in [6, 6.07) is 3.44. The van der Waals surface area contributed by atoms with Gasteiger partial charge in [0.15, 0.2) is 0 Å². The van der Waals surface area contributed by atoms with E-state index in [1.54, 1.807) is 26.2 Å². The molecule has 0 bridgehead atoms. The highest BCUT2D eigenvalue weighted by atomic mass is 35.5. The van der Waals surface area contributed by atoms with Crippen LogP contribution in [0.4, 0.5) is 0 Å². The molecule has 5 nitrogen and oxygen atoms in total. The summed E-state index contributed by atoms with van der Waals surface area (Å²) >= 11 is 0. The predicted octanol–water partition coefficient (Wildman–Crippen LogP) is 2.56. The Morgan fingerprint density at radius 3 is 2.32 bits per heavy atom. The van der Waals surface area contributed by atoms with E-state index in [4.69, 9.17) is 10.5 Å². The molecule has 0 fully saturated rings. The van der Waals surface area contributed by atoms with Gasteiger partial charge in [-0.05, 0) is 49.4 Å². The van der Waals surface area contributed by atoms with E-state index in [-0.39, 0.29) is 24.4 Å². The zero-order valence-electron chi connectivity index (χ0n) is 13.8. The van der Waals surface area contributed by atoms with Crippen LogP contribution in [-0.4, -0.2) is 28.1 Å². The molecule has 1 aromatic carbocycles. The first kappa shape index (κ1) is 21.2. The summed E-state index contributed by atoms with van der Waals surface area (Å²) in [6.45, 7) is 7.97. The molecule has 1 unspecified atom stereocenters. The van der Waals surface area contributed by atoms with E-state index < -0.39 is 10.0 Å². The Morgan fingerprint density at radius 2 is 1.86 bits per heavy atom. The van der Waals surface area contributed by atoms with E-state index >= 15 is 0 Å². The second-order valence-electron chi connectivity index (χ2n) is 5.68. The number of aryl methyl sites for hydroxylation is 1. The fourth-order valence-electron chi connectivity index (χ4n) is 2.09. The lowest BCUT2D eigenvalue weighted by Gasteiger charge is -2.17. The standard InChI is InChI=1S/C15H26N2O3S.ClH/c1-10(2)13-9-15(11(3)8-14(13)20-5)21(18,19)17-7-6-12(4)16;/h8-10,12,17H,6-7,16H2,1-5H3;1H. The van der Waals surface area contributed by atoms with Gasteiger partial charge in [0.2, 0.25) is 10.0 Å². The number of benzene rings is 1. The maximum absolute atomic E-state index is 12.4. The van der Waals surface area contributed by atoms with Crippen molar-refractivity contribution in [3.63, 3.8) is 0 Å². The SMILES string of the molecule is COc1cc(C)c(S(=O)(=O)NCCC(C)N)cc1C(C)C.Cl. The molecular formula is C15H27ClN2O3S. The van der Waals surface area contributed by atoms with Crippen molar-refractivity contribution in [3.8, 4) is 5.75 Å². The lowest BCUT2D eigenvalue weighted by Crippen LogP contribution is -2.29. The highest BCUT2D eigenvalue weighted by Gasteiger charge is 2.20. The van der Waals surface area contributed by atoms with Crippen molar-refractivity contribution in [1.29, 1.82) is 0 Å². The van der Waals surface area contributed by atoms with Gasteiger partial charge in [-0.1, -0.05) is 13.8 Å². The zero-order valence-corrected chi connectivity index (χ0v) is 15.5. The van der Waals surface area contributed by atoms with Gasteiger partial charge >= 0.3 is 0 Å². The molecule has 0 heterocycles. The minimum atomic E-state index is -3.53. The normalized spacial score (nSPS) is 12.9. The van der Waals surface area contributed by atoms with Gasteiger partial charge in [-0.2, -0.15) is 0 Å². The molecule has 0 saturated heterocycles. The first-order chi connectivity index (χ1) is 9.69. The first-order valence-corrected chi connectivity index (χ1v) is 8.61. The topological polar surface area (TPSA) is 81.4 Å². The molecule has 0 amide bonds. The monoisotopic (exact) mass is 350 g/mol. The first-order valence-electron chi connectivity index (χ1n) is 7.12. The van der Waals surface area contributed by atoms with Crippen molar-refractivity contribution < 1.29 is 13.2 Å². The highest BCUT2D eigenvalue weighted by molar-refractivity contribution is 7.89. The Morgan fingerprint density at radius 1 is 1.27 bits per heavy atom. The lowest BCUT2D eigenvalue weighted by molar-refractivity contribution is 0.406. The molecule has 1 atom stereocenters. The molecule has 0 aliphatic carbocycles. The molecule has 3 N–H and O–H groups in total. The average Bonchev–Trinajstić information content (AvgIpc) is 2.36. The molecule has 0 radical (unpaired) electrons. The number of nitrogens with one attached hydrogen (secondary N) is 1. The summed E-state index contributed by atoms with van der Waals surface area (Å²) in [5, 5.41) is 0. The van der Waals surface area contributed by atoms with Crippen molar-refractivity contribution in [1.82, 2.24) is 4.72 Å². The average molecular weight is 351 g/mol. The lowest BCUT2D eigenvalue weighted by atomic mass is 10.0. The molecule has 0 aliphatic rings. The fourth-order valence-corrected chi connectivity index (χ4v) is 3.40. The summed E-state index contributed by atoms with van der Waals surface area (Å²) in [7, 11) is -1.94. The van der Waals surface area contributed by atoms with Gasteiger partial charge in [-0.25, -0.2) is 13.1 Å².